The number of benzene rings is 1. The molecule has 0 saturated carbocycles. The highest BCUT2D eigenvalue weighted by molar-refractivity contribution is 6.04. The van der Waals surface area contributed by atoms with Crippen LogP contribution in [0.15, 0.2) is 18.2 Å². The molecule has 1 N–H and O–H groups in total. The van der Waals surface area contributed by atoms with Crippen molar-refractivity contribution in [3.63, 3.8) is 0 Å². The molecule has 0 aromatic heterocycles. The van der Waals surface area contributed by atoms with Crippen molar-refractivity contribution in [2.75, 3.05) is 20.0 Å². The lowest BCUT2D eigenvalue weighted by molar-refractivity contribution is -0.159. The standard InChI is InChI=1S/C18H20FNO7/c1-3-25-17(22)15(18(23)26-4-2)20-14(21)6-5-11-7-13(19)8-12-9-24-10-27-16(11)12/h5-8,15H,3-4,9-10H2,1-2H3,(H,20,21). The van der Waals surface area contributed by atoms with Crippen LogP contribution in [0.5, 0.6) is 5.75 Å². The van der Waals surface area contributed by atoms with Crippen molar-refractivity contribution in [3.8, 4) is 5.75 Å². The van der Waals surface area contributed by atoms with Crippen molar-refractivity contribution in [3.05, 3.63) is 35.2 Å². The molecule has 0 saturated heterocycles. The maximum Gasteiger partial charge on any atom is 0.340 e. The number of halogens is 1. The molecule has 146 valence electrons. The molecule has 0 atom stereocenters. The first-order valence-electron chi connectivity index (χ1n) is 8.31. The van der Waals surface area contributed by atoms with Gasteiger partial charge in [-0.25, -0.2) is 14.0 Å². The van der Waals surface area contributed by atoms with Gasteiger partial charge in [0.25, 0.3) is 0 Å². The van der Waals surface area contributed by atoms with E-state index in [2.05, 4.69) is 5.32 Å². The number of hydrogen-bond donors (Lipinski definition) is 1. The molecule has 1 amide bonds. The number of amides is 1. The van der Waals surface area contributed by atoms with E-state index in [-0.39, 0.29) is 26.6 Å². The minimum atomic E-state index is -1.59. The van der Waals surface area contributed by atoms with Crippen LogP contribution in [0.2, 0.25) is 0 Å². The number of nitrogens with one attached hydrogen (secondary N) is 1. The molecule has 1 aromatic rings. The summed E-state index contributed by atoms with van der Waals surface area (Å²) in [6.45, 7) is 3.41. The number of ether oxygens (including phenoxy) is 4. The highest BCUT2D eigenvalue weighted by Gasteiger charge is 2.30. The van der Waals surface area contributed by atoms with E-state index in [1.54, 1.807) is 13.8 Å². The Balaban J connectivity index is 2.14. The lowest BCUT2D eigenvalue weighted by Crippen LogP contribution is -2.47. The maximum absolute atomic E-state index is 13.7. The monoisotopic (exact) mass is 381 g/mol. The fourth-order valence-corrected chi connectivity index (χ4v) is 2.35. The van der Waals surface area contributed by atoms with Crippen LogP contribution in [0.25, 0.3) is 6.08 Å². The van der Waals surface area contributed by atoms with Crippen LogP contribution in [0.3, 0.4) is 0 Å². The summed E-state index contributed by atoms with van der Waals surface area (Å²) >= 11 is 0. The van der Waals surface area contributed by atoms with Gasteiger partial charge in [-0.2, -0.15) is 0 Å². The van der Waals surface area contributed by atoms with Gasteiger partial charge >= 0.3 is 11.9 Å². The lowest BCUT2D eigenvalue weighted by atomic mass is 10.1. The zero-order valence-electron chi connectivity index (χ0n) is 15.0. The summed E-state index contributed by atoms with van der Waals surface area (Å²) in [7, 11) is 0. The lowest BCUT2D eigenvalue weighted by Gasteiger charge is -2.19. The van der Waals surface area contributed by atoms with E-state index in [0.717, 1.165) is 6.08 Å². The largest absolute Gasteiger partial charge is 0.467 e. The van der Waals surface area contributed by atoms with Crippen molar-refractivity contribution in [1.29, 1.82) is 0 Å². The number of carbonyl (C=O) groups excluding carboxylic acids is 3. The van der Waals surface area contributed by atoms with Gasteiger partial charge in [0.15, 0.2) is 6.79 Å². The summed E-state index contributed by atoms with van der Waals surface area (Å²) in [4.78, 5) is 35.8. The number of fused-ring (bicyclic) bond motifs is 1. The molecule has 9 heteroatoms. The maximum atomic E-state index is 13.7. The van der Waals surface area contributed by atoms with E-state index in [9.17, 15) is 18.8 Å². The first kappa shape index (κ1) is 20.4. The predicted octanol–water partition coefficient (Wildman–Crippen LogP) is 1.32. The molecule has 0 fully saturated rings. The smallest absolute Gasteiger partial charge is 0.340 e. The molecule has 27 heavy (non-hydrogen) atoms. The fraction of sp³-hybridized carbons (Fsp3) is 0.389. The highest BCUT2D eigenvalue weighted by Crippen LogP contribution is 2.30. The van der Waals surface area contributed by atoms with Gasteiger partial charge in [-0.15, -0.1) is 0 Å². The van der Waals surface area contributed by atoms with Gasteiger partial charge in [0.05, 0.1) is 19.8 Å². The first-order valence-corrected chi connectivity index (χ1v) is 8.31. The fourth-order valence-electron chi connectivity index (χ4n) is 2.35. The van der Waals surface area contributed by atoms with E-state index < -0.39 is 29.7 Å². The number of hydrogen-bond acceptors (Lipinski definition) is 7. The molecule has 1 aliphatic heterocycles. The van der Waals surface area contributed by atoms with Crippen LogP contribution in [-0.2, 0) is 35.2 Å². The molecular formula is C18H20FNO7. The zero-order chi connectivity index (χ0) is 19.8. The van der Waals surface area contributed by atoms with E-state index in [1.807, 2.05) is 0 Å². The Morgan fingerprint density at radius 3 is 2.52 bits per heavy atom. The van der Waals surface area contributed by atoms with Crippen LogP contribution in [0.1, 0.15) is 25.0 Å². The van der Waals surface area contributed by atoms with Crippen molar-refractivity contribution in [1.82, 2.24) is 5.32 Å². The molecule has 8 nitrogen and oxygen atoms in total. The highest BCUT2D eigenvalue weighted by atomic mass is 19.1. The van der Waals surface area contributed by atoms with Gasteiger partial charge in [-0.1, -0.05) is 0 Å². The molecule has 1 heterocycles. The van der Waals surface area contributed by atoms with Crippen molar-refractivity contribution < 1.29 is 37.7 Å². The Morgan fingerprint density at radius 1 is 1.22 bits per heavy atom. The first-order chi connectivity index (χ1) is 13.0. The minimum Gasteiger partial charge on any atom is -0.467 e. The van der Waals surface area contributed by atoms with Gasteiger partial charge in [0.1, 0.15) is 11.6 Å². The zero-order valence-corrected chi connectivity index (χ0v) is 15.0. The molecule has 0 unspecified atom stereocenters. The third-order valence-corrected chi connectivity index (χ3v) is 3.45. The van der Waals surface area contributed by atoms with Gasteiger partial charge in [-0.3, -0.25) is 4.79 Å². The third-order valence-electron chi connectivity index (χ3n) is 3.45. The molecule has 0 radical (unpaired) electrons. The van der Waals surface area contributed by atoms with E-state index >= 15 is 0 Å². The molecule has 0 spiro atoms. The second-order valence-electron chi connectivity index (χ2n) is 5.37. The summed E-state index contributed by atoms with van der Waals surface area (Å²) in [6.07, 6.45) is 2.37. The van der Waals surface area contributed by atoms with E-state index in [1.165, 1.54) is 18.2 Å². The molecule has 0 aliphatic carbocycles. The number of esters is 2. The normalized spacial score (nSPS) is 13.0. The second kappa shape index (κ2) is 9.67. The van der Waals surface area contributed by atoms with Crippen LogP contribution in [0.4, 0.5) is 4.39 Å². The molecule has 1 aromatic carbocycles. The quantitative estimate of drug-likeness (QED) is 0.432. The van der Waals surface area contributed by atoms with Crippen LogP contribution < -0.4 is 10.1 Å². The van der Waals surface area contributed by atoms with Gasteiger partial charge in [-0.05, 0) is 32.1 Å². The third kappa shape index (κ3) is 5.52. The van der Waals surface area contributed by atoms with E-state index in [0.29, 0.717) is 16.9 Å². The summed E-state index contributed by atoms with van der Waals surface area (Å²) in [5, 5.41) is 2.22. The Hall–Kier alpha value is -2.94. The number of rotatable bonds is 7. The van der Waals surface area contributed by atoms with Crippen LogP contribution in [-0.4, -0.2) is 43.9 Å². The Kier molecular flexibility index (Phi) is 7.30. The van der Waals surface area contributed by atoms with Gasteiger partial charge in [0, 0.05) is 17.2 Å². The summed E-state index contributed by atoms with van der Waals surface area (Å²) in [5.74, 6) is -2.73. The predicted molar refractivity (Wildman–Crippen MR) is 90.9 cm³/mol. The summed E-state index contributed by atoms with van der Waals surface area (Å²) < 4.78 is 33.7. The molecule has 1 aliphatic rings. The Labute approximate surface area is 155 Å². The average Bonchev–Trinajstić information content (AvgIpc) is 2.64. The molecule has 2 rings (SSSR count). The van der Waals surface area contributed by atoms with Crippen molar-refractivity contribution in [2.45, 2.75) is 26.5 Å². The van der Waals surface area contributed by atoms with E-state index in [4.69, 9.17) is 18.9 Å². The average molecular weight is 381 g/mol. The molecule has 0 bridgehead atoms. The summed E-state index contributed by atoms with van der Waals surface area (Å²) in [5.41, 5.74) is 0.838. The van der Waals surface area contributed by atoms with Crippen molar-refractivity contribution in [2.24, 2.45) is 0 Å². The minimum absolute atomic E-state index is 0.0134. The van der Waals surface area contributed by atoms with Crippen molar-refractivity contribution >= 4 is 23.9 Å². The number of carbonyl (C=O) groups is 3. The van der Waals surface area contributed by atoms with Crippen LogP contribution in [0, 0.1) is 5.82 Å². The Morgan fingerprint density at radius 2 is 1.89 bits per heavy atom. The second-order valence-corrected chi connectivity index (χ2v) is 5.37. The SMILES string of the molecule is CCOC(=O)C(NC(=O)C=Cc1cc(F)cc2c1OCOC2)C(=O)OCC. The van der Waals surface area contributed by atoms with Crippen LogP contribution >= 0.6 is 0 Å². The molecular weight excluding hydrogens is 361 g/mol. The topological polar surface area (TPSA) is 100 Å². The van der Waals surface area contributed by atoms with Gasteiger partial charge in [0.2, 0.25) is 11.9 Å². The van der Waals surface area contributed by atoms with Gasteiger partial charge < -0.3 is 24.3 Å². The summed E-state index contributed by atoms with van der Waals surface area (Å²) in [6, 6.07) is 0.888. The Bertz CT molecular complexity index is 729.